The Balaban J connectivity index is 1.69. The first-order valence-electron chi connectivity index (χ1n) is 13.1. The summed E-state index contributed by atoms with van der Waals surface area (Å²) in [6, 6.07) is 0. The van der Waals surface area contributed by atoms with E-state index >= 15 is 0 Å². The van der Waals surface area contributed by atoms with Gasteiger partial charge < -0.3 is 48.1 Å². The summed E-state index contributed by atoms with van der Waals surface area (Å²) in [6.07, 6.45) is -2.73. The van der Waals surface area contributed by atoms with Crippen molar-refractivity contribution in [3.8, 4) is 0 Å². The summed E-state index contributed by atoms with van der Waals surface area (Å²) in [4.78, 5) is 70.4. The van der Waals surface area contributed by atoms with Crippen molar-refractivity contribution in [1.29, 1.82) is 0 Å². The minimum atomic E-state index is -1.29. The van der Waals surface area contributed by atoms with E-state index in [2.05, 4.69) is 13.2 Å². The van der Waals surface area contributed by atoms with Gasteiger partial charge in [-0.2, -0.15) is 0 Å². The van der Waals surface area contributed by atoms with E-state index in [1.54, 1.807) is 0 Å². The molecule has 2 aliphatic rings. The Morgan fingerprint density at radius 1 is 0.636 bits per heavy atom. The Morgan fingerprint density at radius 3 is 1.30 bits per heavy atom. The van der Waals surface area contributed by atoms with Crippen LogP contribution in [0.15, 0.2) is 48.6 Å². The quantitative estimate of drug-likeness (QED) is 0.116. The van der Waals surface area contributed by atoms with E-state index in [4.69, 9.17) is 37.9 Å². The second-order valence-electron chi connectivity index (χ2n) is 9.54. The highest BCUT2D eigenvalue weighted by Crippen LogP contribution is 2.30. The number of esters is 6. The van der Waals surface area contributed by atoms with Gasteiger partial charge in [0, 0.05) is 35.5 Å². The maximum Gasteiger partial charge on any atom is 0.333 e. The Morgan fingerprint density at radius 2 is 0.955 bits per heavy atom. The minimum Gasteiger partial charge on any atom is -0.460 e. The lowest BCUT2D eigenvalue weighted by atomic mass is 10.1. The highest BCUT2D eigenvalue weighted by molar-refractivity contribution is 5.92. The molecule has 2 saturated heterocycles. The van der Waals surface area contributed by atoms with Crippen LogP contribution in [-0.2, 0) is 66.7 Å². The summed E-state index contributed by atoms with van der Waals surface area (Å²) in [6.45, 7) is 7.62. The molecule has 0 saturated carbocycles. The third-order valence-electron chi connectivity index (χ3n) is 5.56. The van der Waals surface area contributed by atoms with Crippen molar-refractivity contribution in [3.05, 3.63) is 48.6 Å². The molecule has 2 heterocycles. The molecule has 2 aliphatic heterocycles. The van der Waals surface area contributed by atoms with E-state index in [1.807, 2.05) is 0 Å². The second-order valence-corrected chi connectivity index (χ2v) is 9.54. The monoisotopic (exact) mass is 626 g/mol. The van der Waals surface area contributed by atoms with Crippen LogP contribution in [0.1, 0.15) is 13.8 Å². The van der Waals surface area contributed by atoms with E-state index in [-0.39, 0.29) is 24.4 Å². The fourth-order valence-electron chi connectivity index (χ4n) is 3.42. The average Bonchev–Trinajstić information content (AvgIpc) is 3.56. The van der Waals surface area contributed by atoms with E-state index < -0.39 is 98.9 Å². The van der Waals surface area contributed by atoms with E-state index in [0.717, 1.165) is 24.3 Å². The van der Waals surface area contributed by atoms with Crippen LogP contribution in [0.4, 0.5) is 0 Å². The Bertz CT molecular complexity index is 1080. The number of aliphatic hydroxyl groups is 2. The van der Waals surface area contributed by atoms with Gasteiger partial charge in [0.1, 0.15) is 50.8 Å². The van der Waals surface area contributed by atoms with Crippen molar-refractivity contribution in [3.63, 3.8) is 0 Å². The van der Waals surface area contributed by atoms with Crippen molar-refractivity contribution in [2.24, 2.45) is 0 Å². The predicted molar refractivity (Wildman–Crippen MR) is 143 cm³/mol. The van der Waals surface area contributed by atoms with Crippen LogP contribution in [0, 0.1) is 0 Å². The van der Waals surface area contributed by atoms with Gasteiger partial charge in [0.15, 0.2) is 12.2 Å². The molecule has 0 aliphatic carbocycles. The standard InChI is InChI=1S/C28H34O16/c1-15(2)27(35)41-11-17(29)9-37-21(31)5-7-23(33)43-19-13-39-26-20(14-40-25(19)26)44-24(34)8-6-22(32)38-10-18(30)12-42-28(36)16(3)4/h5-8,17-20,25-26,29-30H,1,3,9-14H2,2,4H3/b7-5-,8-6-. The van der Waals surface area contributed by atoms with E-state index in [1.165, 1.54) is 13.8 Å². The Kier molecular flexibility index (Phi) is 14.4. The van der Waals surface area contributed by atoms with Crippen LogP contribution in [0.3, 0.4) is 0 Å². The van der Waals surface area contributed by atoms with Crippen LogP contribution in [0.5, 0.6) is 0 Å². The lowest BCUT2D eigenvalue weighted by molar-refractivity contribution is -0.151. The van der Waals surface area contributed by atoms with Crippen LogP contribution in [0.25, 0.3) is 0 Å². The summed E-state index contributed by atoms with van der Waals surface area (Å²) >= 11 is 0. The molecule has 2 N–H and O–H groups in total. The molecule has 0 spiro atoms. The number of hydrogen-bond acceptors (Lipinski definition) is 16. The maximum absolute atomic E-state index is 12.1. The van der Waals surface area contributed by atoms with Gasteiger partial charge >= 0.3 is 35.8 Å². The molecule has 0 amide bonds. The lowest BCUT2D eigenvalue weighted by Crippen LogP contribution is -2.35. The van der Waals surface area contributed by atoms with Crippen LogP contribution in [0.2, 0.25) is 0 Å². The first-order valence-corrected chi connectivity index (χ1v) is 13.1. The number of fused-ring (bicyclic) bond motifs is 1. The number of carbonyl (C=O) groups is 6. The van der Waals surface area contributed by atoms with Gasteiger partial charge in [-0.3, -0.25) is 0 Å². The molecular weight excluding hydrogens is 592 g/mol. The van der Waals surface area contributed by atoms with Gasteiger partial charge in [0.05, 0.1) is 13.2 Å². The molecule has 0 aromatic heterocycles. The minimum absolute atomic E-state index is 0.0886. The number of ether oxygens (including phenoxy) is 8. The third kappa shape index (κ3) is 12.5. The number of rotatable bonds is 16. The maximum atomic E-state index is 12.1. The SMILES string of the molecule is C=C(C)C(=O)OCC(O)COC(=O)/C=C\C(=O)OC1COC2C(OC(=O)/C=C\C(=O)OCC(O)COC(=O)C(=C)C)COC12. The average molecular weight is 627 g/mol. The van der Waals surface area contributed by atoms with Gasteiger partial charge in [-0.15, -0.1) is 0 Å². The summed E-state index contributed by atoms with van der Waals surface area (Å²) in [5.41, 5.74) is 0.276. The smallest absolute Gasteiger partial charge is 0.333 e. The molecule has 6 atom stereocenters. The van der Waals surface area contributed by atoms with Gasteiger partial charge in [0.2, 0.25) is 0 Å². The van der Waals surface area contributed by atoms with Gasteiger partial charge in [0.25, 0.3) is 0 Å². The highest BCUT2D eigenvalue weighted by Gasteiger charge is 2.51. The lowest BCUT2D eigenvalue weighted by Gasteiger charge is -2.16. The molecule has 0 aromatic rings. The molecule has 16 nitrogen and oxygen atoms in total. The molecule has 0 bridgehead atoms. The zero-order valence-corrected chi connectivity index (χ0v) is 24.0. The van der Waals surface area contributed by atoms with Gasteiger partial charge in [-0.05, 0) is 13.8 Å². The van der Waals surface area contributed by atoms with Crippen molar-refractivity contribution >= 4 is 35.8 Å². The first kappa shape index (κ1) is 35.8. The van der Waals surface area contributed by atoms with Gasteiger partial charge in [-0.25, -0.2) is 28.8 Å². The molecular formula is C28H34O16. The second kappa shape index (κ2) is 17.7. The number of aliphatic hydroxyl groups excluding tert-OH is 2. The zero-order chi connectivity index (χ0) is 32.8. The van der Waals surface area contributed by atoms with Crippen LogP contribution in [-0.4, -0.2) is 122 Å². The summed E-state index contributed by atoms with van der Waals surface area (Å²) in [5, 5.41) is 19.4. The predicted octanol–water partition coefficient (Wildman–Crippen LogP) is -1.23. The molecule has 2 rings (SSSR count). The molecule has 44 heavy (non-hydrogen) atoms. The molecule has 6 unspecified atom stereocenters. The normalized spacial score (nSPS) is 22.0. The summed E-state index contributed by atoms with van der Waals surface area (Å²) in [5.74, 6) is -5.19. The molecule has 0 aromatic carbocycles. The molecule has 2 fully saturated rings. The summed E-state index contributed by atoms with van der Waals surface area (Å²) < 4.78 is 40.5. The van der Waals surface area contributed by atoms with Crippen LogP contribution >= 0.6 is 0 Å². The van der Waals surface area contributed by atoms with Crippen LogP contribution < -0.4 is 0 Å². The zero-order valence-electron chi connectivity index (χ0n) is 24.0. The van der Waals surface area contributed by atoms with E-state index in [0.29, 0.717) is 0 Å². The fraction of sp³-hybridized carbons (Fsp3) is 0.500. The highest BCUT2D eigenvalue weighted by atomic mass is 16.7. The first-order chi connectivity index (χ1) is 20.8. The fourth-order valence-corrected chi connectivity index (χ4v) is 3.42. The van der Waals surface area contributed by atoms with Crippen molar-refractivity contribution in [1.82, 2.24) is 0 Å². The van der Waals surface area contributed by atoms with Gasteiger partial charge in [-0.1, -0.05) is 13.2 Å². The number of hydrogen-bond donors (Lipinski definition) is 2. The number of carbonyl (C=O) groups excluding carboxylic acids is 6. The van der Waals surface area contributed by atoms with Crippen molar-refractivity contribution in [2.75, 3.05) is 39.6 Å². The Hall–Kier alpha value is -4.38. The Labute approximate surface area is 251 Å². The van der Waals surface area contributed by atoms with E-state index in [9.17, 15) is 39.0 Å². The van der Waals surface area contributed by atoms with Crippen molar-refractivity contribution < 1.29 is 76.9 Å². The molecule has 16 heteroatoms. The molecule has 0 radical (unpaired) electrons. The van der Waals surface area contributed by atoms with Crippen molar-refractivity contribution in [2.45, 2.75) is 50.5 Å². The molecule has 242 valence electrons. The topological polar surface area (TPSA) is 217 Å². The largest absolute Gasteiger partial charge is 0.460 e. The third-order valence-corrected chi connectivity index (χ3v) is 5.56. The summed E-state index contributed by atoms with van der Waals surface area (Å²) in [7, 11) is 0.